The van der Waals surface area contributed by atoms with Crippen LogP contribution < -0.4 is 0 Å². The van der Waals surface area contributed by atoms with Crippen LogP contribution in [0.25, 0.3) is 5.57 Å². The van der Waals surface area contributed by atoms with Gasteiger partial charge in [0.2, 0.25) is 0 Å². The van der Waals surface area contributed by atoms with E-state index < -0.39 is 5.60 Å². The topological polar surface area (TPSA) is 33.0 Å². The van der Waals surface area contributed by atoms with Crippen LogP contribution in [0.1, 0.15) is 31.9 Å². The first kappa shape index (κ1) is 11.3. The lowest BCUT2D eigenvalue weighted by molar-refractivity contribution is 0.0702. The number of nitriles is 1. The smallest absolute Gasteiger partial charge is 0.287 e. The van der Waals surface area contributed by atoms with Crippen LogP contribution in [0.15, 0.2) is 30.8 Å². The molecule has 2 nitrogen and oxygen atoms in total. The maximum Gasteiger partial charge on any atom is 0.287 e. The second kappa shape index (κ2) is 4.18. The van der Waals surface area contributed by atoms with Crippen molar-refractivity contribution in [2.24, 2.45) is 0 Å². The third-order valence-electron chi connectivity index (χ3n) is 2.37. The summed E-state index contributed by atoms with van der Waals surface area (Å²) in [7, 11) is 0. The highest BCUT2D eigenvalue weighted by molar-refractivity contribution is 5.61. The molecular weight excluding hydrogens is 186 g/mol. The van der Waals surface area contributed by atoms with Crippen molar-refractivity contribution in [3.63, 3.8) is 0 Å². The molecule has 78 valence electrons. The van der Waals surface area contributed by atoms with Gasteiger partial charge in [0.15, 0.2) is 0 Å². The molecule has 0 aliphatic heterocycles. The Bertz CT molecular complexity index is 396. The molecular formula is C13H15NO. The molecule has 15 heavy (non-hydrogen) atoms. The van der Waals surface area contributed by atoms with E-state index >= 15 is 0 Å². The Hall–Kier alpha value is -1.75. The van der Waals surface area contributed by atoms with Gasteiger partial charge >= 0.3 is 0 Å². The quantitative estimate of drug-likeness (QED) is 0.702. The molecule has 0 saturated heterocycles. The standard InChI is InChI=1S/C13H15NO/c1-10(2)11-5-7-12(8-6-11)13(3,4)15-9-14/h5-8H,1H2,2-4H3. The first-order chi connectivity index (χ1) is 6.97. The average molecular weight is 201 g/mol. The number of benzene rings is 1. The fraction of sp³-hybridized carbons (Fsp3) is 0.308. The molecule has 0 N–H and O–H groups in total. The summed E-state index contributed by atoms with van der Waals surface area (Å²) in [4.78, 5) is 0. The Kier molecular flexibility index (Phi) is 3.16. The van der Waals surface area contributed by atoms with Gasteiger partial charge in [0.25, 0.3) is 6.26 Å². The van der Waals surface area contributed by atoms with Gasteiger partial charge in [-0.1, -0.05) is 36.4 Å². The van der Waals surface area contributed by atoms with Crippen LogP contribution in [0.3, 0.4) is 0 Å². The van der Waals surface area contributed by atoms with Crippen molar-refractivity contribution in [1.29, 1.82) is 5.26 Å². The molecule has 0 aliphatic rings. The van der Waals surface area contributed by atoms with Gasteiger partial charge in [-0.25, -0.2) is 0 Å². The summed E-state index contributed by atoms with van der Waals surface area (Å²) in [5.74, 6) is 0. The first-order valence-corrected chi connectivity index (χ1v) is 4.81. The summed E-state index contributed by atoms with van der Waals surface area (Å²) in [6.45, 7) is 9.57. The summed E-state index contributed by atoms with van der Waals surface area (Å²) in [6, 6.07) is 7.89. The third kappa shape index (κ3) is 2.60. The van der Waals surface area contributed by atoms with Gasteiger partial charge in [-0.05, 0) is 31.9 Å². The summed E-state index contributed by atoms with van der Waals surface area (Å²) < 4.78 is 5.00. The fourth-order valence-electron chi connectivity index (χ4n) is 1.33. The Balaban J connectivity index is 2.99. The van der Waals surface area contributed by atoms with Crippen LogP contribution in [0.5, 0.6) is 0 Å². The van der Waals surface area contributed by atoms with E-state index in [0.29, 0.717) is 0 Å². The summed E-state index contributed by atoms with van der Waals surface area (Å²) in [5.41, 5.74) is 2.55. The SMILES string of the molecule is C=C(C)c1ccc(C(C)(C)OC#N)cc1. The van der Waals surface area contributed by atoms with E-state index in [1.165, 1.54) is 0 Å². The Morgan fingerprint density at radius 3 is 2.27 bits per heavy atom. The van der Waals surface area contributed by atoms with Crippen LogP contribution >= 0.6 is 0 Å². The maximum atomic E-state index is 8.52. The largest absolute Gasteiger partial charge is 0.417 e. The maximum absolute atomic E-state index is 8.52. The van der Waals surface area contributed by atoms with E-state index in [2.05, 4.69) is 6.58 Å². The van der Waals surface area contributed by atoms with Gasteiger partial charge in [0, 0.05) is 0 Å². The molecule has 0 unspecified atom stereocenters. The van der Waals surface area contributed by atoms with E-state index in [-0.39, 0.29) is 0 Å². The van der Waals surface area contributed by atoms with Gasteiger partial charge in [-0.2, -0.15) is 5.26 Å². The Morgan fingerprint density at radius 1 is 1.33 bits per heavy atom. The summed E-state index contributed by atoms with van der Waals surface area (Å²) >= 11 is 0. The van der Waals surface area contributed by atoms with Crippen LogP contribution in [-0.4, -0.2) is 0 Å². The average Bonchev–Trinajstić information content (AvgIpc) is 2.18. The lowest BCUT2D eigenvalue weighted by atomic mass is 9.96. The molecule has 0 radical (unpaired) electrons. The molecule has 0 aliphatic carbocycles. The number of rotatable bonds is 3. The predicted molar refractivity (Wildman–Crippen MR) is 60.9 cm³/mol. The molecule has 2 heteroatoms. The zero-order valence-electron chi connectivity index (χ0n) is 9.37. The van der Waals surface area contributed by atoms with Crippen molar-refractivity contribution in [3.8, 4) is 6.26 Å². The number of ether oxygens (including phenoxy) is 1. The van der Waals surface area contributed by atoms with Gasteiger partial charge in [-0.3, -0.25) is 0 Å². The van der Waals surface area contributed by atoms with Crippen LogP contribution in [0.2, 0.25) is 0 Å². The normalized spacial score (nSPS) is 10.5. The Labute approximate surface area is 90.8 Å². The number of allylic oxidation sites excluding steroid dienone is 1. The molecule has 1 aromatic carbocycles. The highest BCUT2D eigenvalue weighted by Crippen LogP contribution is 2.25. The molecule has 0 bridgehead atoms. The molecule has 0 saturated carbocycles. The molecule has 1 rings (SSSR count). The van der Waals surface area contributed by atoms with Crippen molar-refractivity contribution in [3.05, 3.63) is 42.0 Å². The minimum atomic E-state index is -0.567. The molecule has 0 heterocycles. The van der Waals surface area contributed by atoms with Crippen molar-refractivity contribution < 1.29 is 4.74 Å². The van der Waals surface area contributed by atoms with Crippen molar-refractivity contribution in [2.75, 3.05) is 0 Å². The molecule has 0 aromatic heterocycles. The molecule has 0 spiro atoms. The van der Waals surface area contributed by atoms with Gasteiger partial charge < -0.3 is 4.74 Å². The first-order valence-electron chi connectivity index (χ1n) is 4.81. The molecule has 1 aromatic rings. The number of nitrogens with zero attached hydrogens (tertiary/aromatic N) is 1. The van der Waals surface area contributed by atoms with Crippen molar-refractivity contribution >= 4 is 5.57 Å². The van der Waals surface area contributed by atoms with E-state index in [9.17, 15) is 0 Å². The highest BCUT2D eigenvalue weighted by atomic mass is 16.5. The number of hydrogen-bond acceptors (Lipinski definition) is 2. The summed E-state index contributed by atoms with van der Waals surface area (Å²) in [6.07, 6.45) is 1.73. The molecule has 0 atom stereocenters. The number of hydrogen-bond donors (Lipinski definition) is 0. The van der Waals surface area contributed by atoms with Gasteiger partial charge in [-0.15, -0.1) is 0 Å². The van der Waals surface area contributed by atoms with E-state index in [1.54, 1.807) is 6.26 Å². The second-order valence-electron chi connectivity index (χ2n) is 4.06. The van der Waals surface area contributed by atoms with Crippen LogP contribution in [0.4, 0.5) is 0 Å². The fourth-order valence-corrected chi connectivity index (χ4v) is 1.33. The Morgan fingerprint density at radius 2 is 1.87 bits per heavy atom. The van der Waals surface area contributed by atoms with E-state index in [4.69, 9.17) is 10.00 Å². The van der Waals surface area contributed by atoms with Gasteiger partial charge in [0.1, 0.15) is 5.60 Å². The predicted octanol–water partition coefficient (Wildman–Crippen LogP) is 3.45. The molecule has 0 amide bonds. The lowest BCUT2D eigenvalue weighted by Crippen LogP contribution is -2.18. The summed E-state index contributed by atoms with van der Waals surface area (Å²) in [5, 5.41) is 8.52. The zero-order chi connectivity index (χ0) is 11.5. The third-order valence-corrected chi connectivity index (χ3v) is 2.37. The van der Waals surface area contributed by atoms with E-state index in [0.717, 1.165) is 16.7 Å². The minimum Gasteiger partial charge on any atom is -0.417 e. The van der Waals surface area contributed by atoms with E-state index in [1.807, 2.05) is 45.0 Å². The molecule has 0 fully saturated rings. The minimum absolute atomic E-state index is 0.567. The van der Waals surface area contributed by atoms with Crippen LogP contribution in [-0.2, 0) is 10.3 Å². The lowest BCUT2D eigenvalue weighted by Gasteiger charge is -2.21. The van der Waals surface area contributed by atoms with Gasteiger partial charge in [0.05, 0.1) is 0 Å². The zero-order valence-corrected chi connectivity index (χ0v) is 9.37. The monoisotopic (exact) mass is 201 g/mol. The van der Waals surface area contributed by atoms with Crippen molar-refractivity contribution in [1.82, 2.24) is 0 Å². The van der Waals surface area contributed by atoms with Crippen molar-refractivity contribution in [2.45, 2.75) is 26.4 Å². The second-order valence-corrected chi connectivity index (χ2v) is 4.06. The van der Waals surface area contributed by atoms with Crippen LogP contribution in [0, 0.1) is 11.5 Å². The highest BCUT2D eigenvalue weighted by Gasteiger charge is 2.21.